The fourth-order valence-corrected chi connectivity index (χ4v) is 1.82. The van der Waals surface area contributed by atoms with Crippen LogP contribution in [0.15, 0.2) is 0 Å². The van der Waals surface area contributed by atoms with Crippen LogP contribution in [-0.2, 0) is 9.53 Å². The summed E-state index contributed by atoms with van der Waals surface area (Å²) in [6.45, 7) is 8.18. The minimum Gasteiger partial charge on any atom is -0.383 e. The van der Waals surface area contributed by atoms with E-state index >= 15 is 0 Å². The molecule has 0 aliphatic carbocycles. The largest absolute Gasteiger partial charge is 0.383 e. The molecule has 0 spiro atoms. The van der Waals surface area contributed by atoms with Crippen molar-refractivity contribution in [1.29, 1.82) is 0 Å². The molecule has 0 aromatic heterocycles. The van der Waals surface area contributed by atoms with Crippen LogP contribution in [0.4, 0.5) is 0 Å². The van der Waals surface area contributed by atoms with Crippen molar-refractivity contribution in [1.82, 2.24) is 9.80 Å². The summed E-state index contributed by atoms with van der Waals surface area (Å²) < 4.78 is 5.11. The van der Waals surface area contributed by atoms with Gasteiger partial charge in [0, 0.05) is 46.3 Å². The first-order chi connectivity index (χ1) is 6.65. The predicted molar refractivity (Wildman–Crippen MR) is 55.2 cm³/mol. The molecular formula is C10H20N2O2. The molecule has 0 unspecified atom stereocenters. The number of hydrogen-bond acceptors (Lipinski definition) is 3. The van der Waals surface area contributed by atoms with Gasteiger partial charge in [0.25, 0.3) is 0 Å². The molecule has 1 heterocycles. The third-order valence-electron chi connectivity index (χ3n) is 2.79. The number of ether oxygens (including phenoxy) is 1. The summed E-state index contributed by atoms with van der Waals surface area (Å²) in [4.78, 5) is 15.3. The molecule has 1 aliphatic rings. The summed E-state index contributed by atoms with van der Waals surface area (Å²) in [7, 11) is 1.72. The van der Waals surface area contributed by atoms with Gasteiger partial charge in [0.15, 0.2) is 0 Å². The second kappa shape index (κ2) is 5.32. The van der Waals surface area contributed by atoms with E-state index in [-0.39, 0.29) is 5.91 Å². The topological polar surface area (TPSA) is 32.8 Å². The molecule has 14 heavy (non-hydrogen) atoms. The Hall–Kier alpha value is -0.610. The van der Waals surface area contributed by atoms with Crippen LogP contribution >= 0.6 is 0 Å². The molecule has 82 valence electrons. The molecule has 0 aromatic rings. The molecule has 1 aliphatic heterocycles. The van der Waals surface area contributed by atoms with Crippen LogP contribution < -0.4 is 0 Å². The van der Waals surface area contributed by atoms with E-state index in [2.05, 4.69) is 11.8 Å². The Morgan fingerprint density at radius 1 is 1.36 bits per heavy atom. The van der Waals surface area contributed by atoms with E-state index in [9.17, 15) is 4.79 Å². The number of carbonyl (C=O) groups excluding carboxylic acids is 1. The fraction of sp³-hybridized carbons (Fsp3) is 0.900. The number of methoxy groups -OCH3 is 1. The normalized spacial score (nSPS) is 20.9. The molecule has 1 fully saturated rings. The Morgan fingerprint density at radius 2 is 1.93 bits per heavy atom. The zero-order chi connectivity index (χ0) is 10.6. The minimum absolute atomic E-state index is 0.184. The first-order valence-corrected chi connectivity index (χ1v) is 5.13. The van der Waals surface area contributed by atoms with E-state index in [0.717, 1.165) is 32.8 Å². The van der Waals surface area contributed by atoms with E-state index in [1.54, 1.807) is 14.0 Å². The highest BCUT2D eigenvalue weighted by Gasteiger charge is 2.21. The maximum Gasteiger partial charge on any atom is 0.219 e. The van der Waals surface area contributed by atoms with Gasteiger partial charge in [-0.3, -0.25) is 9.69 Å². The number of nitrogens with zero attached hydrogens (tertiary/aromatic N) is 2. The number of carbonyl (C=O) groups is 1. The van der Waals surface area contributed by atoms with Gasteiger partial charge < -0.3 is 9.64 Å². The Bertz CT molecular complexity index is 189. The number of rotatable bonds is 3. The van der Waals surface area contributed by atoms with Crippen LogP contribution in [0.25, 0.3) is 0 Å². The summed E-state index contributed by atoms with van der Waals surface area (Å²) in [5.41, 5.74) is 0. The van der Waals surface area contributed by atoms with Gasteiger partial charge in [-0.05, 0) is 6.92 Å². The Morgan fingerprint density at radius 3 is 2.36 bits per heavy atom. The molecule has 0 N–H and O–H groups in total. The Labute approximate surface area is 85.8 Å². The fourth-order valence-electron chi connectivity index (χ4n) is 1.82. The van der Waals surface area contributed by atoms with Crippen LogP contribution in [0, 0.1) is 0 Å². The molecule has 4 nitrogen and oxygen atoms in total. The smallest absolute Gasteiger partial charge is 0.219 e. The molecule has 0 saturated carbocycles. The minimum atomic E-state index is 0.184. The monoisotopic (exact) mass is 200 g/mol. The molecule has 1 atom stereocenters. The average molecular weight is 200 g/mol. The van der Waals surface area contributed by atoms with Gasteiger partial charge in [-0.15, -0.1) is 0 Å². The van der Waals surface area contributed by atoms with Crippen LogP contribution in [0.3, 0.4) is 0 Å². The highest BCUT2D eigenvalue weighted by Crippen LogP contribution is 2.06. The lowest BCUT2D eigenvalue weighted by Gasteiger charge is -2.37. The summed E-state index contributed by atoms with van der Waals surface area (Å²) >= 11 is 0. The van der Waals surface area contributed by atoms with Crippen molar-refractivity contribution in [2.45, 2.75) is 19.9 Å². The summed E-state index contributed by atoms with van der Waals surface area (Å²) in [5, 5.41) is 0. The quantitative estimate of drug-likeness (QED) is 0.652. The van der Waals surface area contributed by atoms with Crippen molar-refractivity contribution >= 4 is 5.91 Å². The molecule has 1 amide bonds. The molecule has 0 radical (unpaired) electrons. The maximum atomic E-state index is 11.1. The van der Waals surface area contributed by atoms with E-state index in [1.807, 2.05) is 4.90 Å². The van der Waals surface area contributed by atoms with Crippen LogP contribution in [-0.4, -0.2) is 61.6 Å². The lowest BCUT2D eigenvalue weighted by molar-refractivity contribution is -0.131. The van der Waals surface area contributed by atoms with Crippen molar-refractivity contribution in [3.05, 3.63) is 0 Å². The van der Waals surface area contributed by atoms with Gasteiger partial charge in [-0.2, -0.15) is 0 Å². The standard InChI is InChI=1S/C10H20N2O2/c1-9(8-14-3)11-4-6-12(7-5-11)10(2)13/h9H,4-8H2,1-3H3/t9-/m0/s1. The third-order valence-corrected chi connectivity index (χ3v) is 2.79. The SMILES string of the molecule is COC[C@H](C)N1CCN(C(C)=O)CC1. The number of amides is 1. The highest BCUT2D eigenvalue weighted by molar-refractivity contribution is 5.73. The van der Waals surface area contributed by atoms with Crippen LogP contribution in [0.5, 0.6) is 0 Å². The summed E-state index contributed by atoms with van der Waals surface area (Å²) in [6, 6.07) is 0.453. The lowest BCUT2D eigenvalue weighted by Crippen LogP contribution is -2.51. The van der Waals surface area contributed by atoms with E-state index in [4.69, 9.17) is 4.74 Å². The van der Waals surface area contributed by atoms with Gasteiger partial charge in [0.1, 0.15) is 0 Å². The van der Waals surface area contributed by atoms with Crippen molar-refractivity contribution < 1.29 is 9.53 Å². The van der Waals surface area contributed by atoms with Crippen molar-refractivity contribution in [3.8, 4) is 0 Å². The highest BCUT2D eigenvalue weighted by atomic mass is 16.5. The van der Waals surface area contributed by atoms with E-state index in [0.29, 0.717) is 6.04 Å². The first-order valence-electron chi connectivity index (χ1n) is 5.13. The Balaban J connectivity index is 2.31. The Kier molecular flexibility index (Phi) is 4.35. The molecular weight excluding hydrogens is 180 g/mol. The molecule has 1 saturated heterocycles. The van der Waals surface area contributed by atoms with Crippen molar-refractivity contribution in [2.75, 3.05) is 39.9 Å². The molecule has 0 bridgehead atoms. The van der Waals surface area contributed by atoms with E-state index < -0.39 is 0 Å². The van der Waals surface area contributed by atoms with Gasteiger partial charge >= 0.3 is 0 Å². The zero-order valence-electron chi connectivity index (χ0n) is 9.32. The van der Waals surface area contributed by atoms with Crippen LogP contribution in [0.1, 0.15) is 13.8 Å². The third kappa shape index (κ3) is 2.96. The molecule has 1 rings (SSSR count). The van der Waals surface area contributed by atoms with Gasteiger partial charge in [-0.25, -0.2) is 0 Å². The first kappa shape index (κ1) is 11.5. The summed E-state index contributed by atoms with van der Waals surface area (Å²) in [6.07, 6.45) is 0. The van der Waals surface area contributed by atoms with Gasteiger partial charge in [0.2, 0.25) is 5.91 Å². The summed E-state index contributed by atoms with van der Waals surface area (Å²) in [5.74, 6) is 0.184. The maximum absolute atomic E-state index is 11.1. The van der Waals surface area contributed by atoms with Gasteiger partial charge in [-0.1, -0.05) is 0 Å². The lowest BCUT2D eigenvalue weighted by atomic mass is 10.2. The van der Waals surface area contributed by atoms with Gasteiger partial charge in [0.05, 0.1) is 6.61 Å². The molecule has 0 aromatic carbocycles. The average Bonchev–Trinajstić information content (AvgIpc) is 2.18. The molecule has 4 heteroatoms. The number of piperazine rings is 1. The second-order valence-electron chi connectivity index (χ2n) is 3.85. The zero-order valence-corrected chi connectivity index (χ0v) is 9.32. The predicted octanol–water partition coefficient (Wildman–Crippen LogP) is 0.185. The second-order valence-corrected chi connectivity index (χ2v) is 3.85. The van der Waals surface area contributed by atoms with E-state index in [1.165, 1.54) is 0 Å². The van der Waals surface area contributed by atoms with Crippen LogP contribution in [0.2, 0.25) is 0 Å². The van der Waals surface area contributed by atoms with Crippen molar-refractivity contribution in [2.24, 2.45) is 0 Å². The van der Waals surface area contributed by atoms with Crippen molar-refractivity contribution in [3.63, 3.8) is 0 Å². The number of hydrogen-bond donors (Lipinski definition) is 0.